The standard InChI is InChI=1S/C9H18N2O3/c1-12-5-6-13-7-8(11-10)9-3-2-4-14-9/h3,8,11H,2,4-7,10H2,1H3. The van der Waals surface area contributed by atoms with Gasteiger partial charge in [0.25, 0.3) is 0 Å². The first kappa shape index (κ1) is 11.5. The van der Waals surface area contributed by atoms with Gasteiger partial charge in [0.1, 0.15) is 11.8 Å². The van der Waals surface area contributed by atoms with E-state index in [9.17, 15) is 0 Å². The zero-order valence-corrected chi connectivity index (χ0v) is 8.49. The van der Waals surface area contributed by atoms with Crippen molar-refractivity contribution < 1.29 is 14.2 Å². The largest absolute Gasteiger partial charge is 0.496 e. The van der Waals surface area contributed by atoms with Crippen LogP contribution in [-0.2, 0) is 14.2 Å². The summed E-state index contributed by atoms with van der Waals surface area (Å²) < 4.78 is 15.6. The van der Waals surface area contributed by atoms with Crippen LogP contribution in [0.2, 0.25) is 0 Å². The van der Waals surface area contributed by atoms with Crippen LogP contribution in [0.4, 0.5) is 0 Å². The molecule has 1 aliphatic heterocycles. The summed E-state index contributed by atoms with van der Waals surface area (Å²) in [5.74, 6) is 6.26. The van der Waals surface area contributed by atoms with Crippen molar-refractivity contribution in [1.82, 2.24) is 5.43 Å². The second kappa shape index (κ2) is 6.78. The Kier molecular flexibility index (Phi) is 5.55. The number of hydrogen-bond acceptors (Lipinski definition) is 5. The van der Waals surface area contributed by atoms with E-state index in [-0.39, 0.29) is 6.04 Å². The number of hydrazine groups is 1. The molecule has 0 saturated carbocycles. The number of nitrogens with one attached hydrogen (secondary N) is 1. The molecule has 0 amide bonds. The molecule has 0 aromatic heterocycles. The highest BCUT2D eigenvalue weighted by Crippen LogP contribution is 2.13. The van der Waals surface area contributed by atoms with Crippen molar-refractivity contribution in [2.75, 3.05) is 33.5 Å². The third-order valence-corrected chi connectivity index (χ3v) is 1.99. The zero-order chi connectivity index (χ0) is 10.2. The molecule has 0 aromatic rings. The van der Waals surface area contributed by atoms with Crippen molar-refractivity contribution in [3.8, 4) is 0 Å². The van der Waals surface area contributed by atoms with Crippen LogP contribution in [0, 0.1) is 0 Å². The van der Waals surface area contributed by atoms with E-state index < -0.39 is 0 Å². The third-order valence-electron chi connectivity index (χ3n) is 1.99. The molecule has 0 bridgehead atoms. The minimum absolute atomic E-state index is 0.0469. The summed E-state index contributed by atoms with van der Waals surface area (Å²) in [5.41, 5.74) is 2.66. The van der Waals surface area contributed by atoms with Gasteiger partial charge < -0.3 is 14.2 Å². The van der Waals surface area contributed by atoms with Gasteiger partial charge in [0.15, 0.2) is 0 Å². The maximum absolute atomic E-state index is 5.39. The number of ether oxygens (including phenoxy) is 3. The van der Waals surface area contributed by atoms with E-state index in [1.54, 1.807) is 7.11 Å². The monoisotopic (exact) mass is 202 g/mol. The van der Waals surface area contributed by atoms with Gasteiger partial charge in [-0.2, -0.15) is 0 Å². The predicted molar refractivity (Wildman–Crippen MR) is 52.5 cm³/mol. The Morgan fingerprint density at radius 1 is 1.64 bits per heavy atom. The number of rotatable bonds is 7. The maximum atomic E-state index is 5.39. The fourth-order valence-electron chi connectivity index (χ4n) is 1.24. The normalized spacial score (nSPS) is 17.7. The van der Waals surface area contributed by atoms with Crippen molar-refractivity contribution in [1.29, 1.82) is 0 Å². The van der Waals surface area contributed by atoms with Gasteiger partial charge in [-0.15, -0.1) is 0 Å². The molecule has 0 fully saturated rings. The lowest BCUT2D eigenvalue weighted by atomic mass is 10.2. The molecule has 0 radical (unpaired) electrons. The fourth-order valence-corrected chi connectivity index (χ4v) is 1.24. The Morgan fingerprint density at radius 2 is 2.50 bits per heavy atom. The number of methoxy groups -OCH3 is 1. The minimum Gasteiger partial charge on any atom is -0.496 e. The van der Waals surface area contributed by atoms with Gasteiger partial charge in [0, 0.05) is 13.5 Å². The number of hydrogen-bond donors (Lipinski definition) is 2. The molecule has 5 heteroatoms. The fraction of sp³-hybridized carbons (Fsp3) is 0.778. The maximum Gasteiger partial charge on any atom is 0.113 e. The van der Waals surface area contributed by atoms with E-state index in [1.807, 2.05) is 6.08 Å². The quantitative estimate of drug-likeness (QED) is 0.339. The highest BCUT2D eigenvalue weighted by molar-refractivity contribution is 5.06. The van der Waals surface area contributed by atoms with Gasteiger partial charge in [0.2, 0.25) is 0 Å². The summed E-state index contributed by atoms with van der Waals surface area (Å²) in [4.78, 5) is 0. The zero-order valence-electron chi connectivity index (χ0n) is 8.49. The van der Waals surface area contributed by atoms with E-state index in [1.165, 1.54) is 0 Å². The van der Waals surface area contributed by atoms with Crippen LogP contribution in [0.1, 0.15) is 6.42 Å². The average Bonchev–Trinajstić information content (AvgIpc) is 2.71. The molecule has 1 heterocycles. The van der Waals surface area contributed by atoms with Crippen molar-refractivity contribution in [3.05, 3.63) is 11.8 Å². The molecule has 1 atom stereocenters. The highest BCUT2D eigenvalue weighted by Gasteiger charge is 2.17. The molecule has 1 aliphatic rings. The summed E-state index contributed by atoms with van der Waals surface area (Å²) in [7, 11) is 1.64. The van der Waals surface area contributed by atoms with Crippen molar-refractivity contribution >= 4 is 0 Å². The van der Waals surface area contributed by atoms with Crippen LogP contribution in [0.15, 0.2) is 11.8 Å². The Hall–Kier alpha value is -0.620. The van der Waals surface area contributed by atoms with Gasteiger partial charge in [-0.3, -0.25) is 5.84 Å². The average molecular weight is 202 g/mol. The van der Waals surface area contributed by atoms with E-state index in [0.29, 0.717) is 19.8 Å². The highest BCUT2D eigenvalue weighted by atomic mass is 16.5. The predicted octanol–water partition coefficient (Wildman–Crippen LogP) is -0.214. The van der Waals surface area contributed by atoms with Crippen LogP contribution in [0.25, 0.3) is 0 Å². The first-order valence-electron chi connectivity index (χ1n) is 4.74. The van der Waals surface area contributed by atoms with Gasteiger partial charge >= 0.3 is 0 Å². The molecule has 5 nitrogen and oxygen atoms in total. The Balaban J connectivity index is 2.18. The minimum atomic E-state index is -0.0469. The smallest absolute Gasteiger partial charge is 0.113 e. The summed E-state index contributed by atoms with van der Waals surface area (Å²) in [6.45, 7) is 2.41. The number of nitrogens with two attached hydrogens (primary N) is 1. The molecule has 1 rings (SSSR count). The van der Waals surface area contributed by atoms with E-state index in [0.717, 1.165) is 18.8 Å². The second-order valence-electron chi connectivity index (χ2n) is 3.03. The molecule has 0 aliphatic carbocycles. The van der Waals surface area contributed by atoms with Gasteiger partial charge in [-0.05, 0) is 6.08 Å². The molecule has 82 valence electrons. The lowest BCUT2D eigenvalue weighted by Crippen LogP contribution is -2.40. The van der Waals surface area contributed by atoms with Crippen LogP contribution in [0.5, 0.6) is 0 Å². The molecular formula is C9H18N2O3. The van der Waals surface area contributed by atoms with Crippen LogP contribution < -0.4 is 11.3 Å². The summed E-state index contributed by atoms with van der Waals surface area (Å²) in [6, 6.07) is -0.0469. The Bertz CT molecular complexity index is 185. The van der Waals surface area contributed by atoms with Crippen molar-refractivity contribution in [3.63, 3.8) is 0 Å². The first-order valence-corrected chi connectivity index (χ1v) is 4.74. The van der Waals surface area contributed by atoms with Crippen LogP contribution in [0.3, 0.4) is 0 Å². The van der Waals surface area contributed by atoms with Gasteiger partial charge in [0.05, 0.1) is 26.4 Å². The van der Waals surface area contributed by atoms with Gasteiger partial charge in [-0.25, -0.2) is 5.43 Å². The topological polar surface area (TPSA) is 65.7 Å². The lowest BCUT2D eigenvalue weighted by molar-refractivity contribution is 0.0545. The summed E-state index contributed by atoms with van der Waals surface area (Å²) in [5, 5.41) is 0. The summed E-state index contributed by atoms with van der Waals surface area (Å²) >= 11 is 0. The van der Waals surface area contributed by atoms with Crippen LogP contribution in [-0.4, -0.2) is 39.6 Å². The molecule has 1 unspecified atom stereocenters. The molecule has 0 saturated heterocycles. The molecule has 0 spiro atoms. The molecule has 0 aromatic carbocycles. The molecular weight excluding hydrogens is 184 g/mol. The van der Waals surface area contributed by atoms with Crippen LogP contribution >= 0.6 is 0 Å². The van der Waals surface area contributed by atoms with Gasteiger partial charge in [-0.1, -0.05) is 0 Å². The second-order valence-corrected chi connectivity index (χ2v) is 3.03. The Labute approximate surface area is 84.2 Å². The SMILES string of the molecule is COCCOCC(NN)C1=CCCO1. The van der Waals surface area contributed by atoms with E-state index in [4.69, 9.17) is 20.1 Å². The molecule has 14 heavy (non-hydrogen) atoms. The Morgan fingerprint density at radius 3 is 3.07 bits per heavy atom. The van der Waals surface area contributed by atoms with E-state index >= 15 is 0 Å². The van der Waals surface area contributed by atoms with E-state index in [2.05, 4.69) is 5.43 Å². The summed E-state index contributed by atoms with van der Waals surface area (Å²) in [6.07, 6.45) is 2.98. The van der Waals surface area contributed by atoms with Crippen molar-refractivity contribution in [2.24, 2.45) is 5.84 Å². The third kappa shape index (κ3) is 3.63. The lowest BCUT2D eigenvalue weighted by Gasteiger charge is -2.16. The molecule has 3 N–H and O–H groups in total. The van der Waals surface area contributed by atoms with Crippen molar-refractivity contribution in [2.45, 2.75) is 12.5 Å². The first-order chi connectivity index (χ1) is 6.88.